The van der Waals surface area contributed by atoms with E-state index in [1.165, 1.54) is 0 Å². The van der Waals surface area contributed by atoms with Gasteiger partial charge in [-0.15, -0.1) is 0 Å². The molecule has 0 saturated carbocycles. The Morgan fingerprint density at radius 1 is 1.06 bits per heavy atom. The monoisotopic (exact) mass is 450 g/mol. The maximum absolute atomic E-state index is 13.7. The first-order valence-electron chi connectivity index (χ1n) is 10.1. The molecule has 1 amide bonds. The van der Waals surface area contributed by atoms with Gasteiger partial charge in [-0.3, -0.25) is 10.1 Å². The fourth-order valence-corrected chi connectivity index (χ4v) is 4.07. The van der Waals surface area contributed by atoms with E-state index in [1.807, 2.05) is 48.5 Å². The summed E-state index contributed by atoms with van der Waals surface area (Å²) in [4.78, 5) is 34.2. The van der Waals surface area contributed by atoms with Crippen LogP contribution in [0.15, 0.2) is 66.7 Å². The zero-order valence-electron chi connectivity index (χ0n) is 17.2. The van der Waals surface area contributed by atoms with Crippen molar-refractivity contribution in [2.75, 3.05) is 6.61 Å². The Bertz CT molecular complexity index is 1200. The van der Waals surface area contributed by atoms with Gasteiger partial charge in [0.25, 0.3) is 5.69 Å². The summed E-state index contributed by atoms with van der Waals surface area (Å²) in [7, 11) is 0. The Balaban J connectivity index is 1.45. The van der Waals surface area contributed by atoms with E-state index in [9.17, 15) is 29.2 Å². The standard InChI is InChI=1S/C24H19FN2O6/c25-15-9-14(10-16(12-15)27(31)32)11-22(23(28)29)26-24(30)33-13-21-19-7-3-1-5-17(19)18-6-2-4-8-20(18)21/h1-10,12,21-22H,11,13H2,(H,26,30)(H,28,29). The van der Waals surface area contributed by atoms with Crippen LogP contribution < -0.4 is 5.32 Å². The number of nitro benzene ring substituents is 1. The van der Waals surface area contributed by atoms with Crippen molar-refractivity contribution >= 4 is 17.7 Å². The molecule has 0 bridgehead atoms. The zero-order chi connectivity index (χ0) is 23.5. The van der Waals surface area contributed by atoms with Crippen LogP contribution in [0.5, 0.6) is 0 Å². The van der Waals surface area contributed by atoms with Gasteiger partial charge in [0.05, 0.1) is 11.0 Å². The molecule has 3 aromatic carbocycles. The Morgan fingerprint density at radius 3 is 2.24 bits per heavy atom. The van der Waals surface area contributed by atoms with Crippen molar-refractivity contribution < 1.29 is 28.7 Å². The lowest BCUT2D eigenvalue weighted by Gasteiger charge is -2.17. The van der Waals surface area contributed by atoms with Crippen LogP contribution in [0.2, 0.25) is 0 Å². The predicted molar refractivity (Wildman–Crippen MR) is 116 cm³/mol. The summed E-state index contributed by atoms with van der Waals surface area (Å²) in [5, 5.41) is 22.6. The number of carbonyl (C=O) groups excluding carboxylic acids is 1. The lowest BCUT2D eigenvalue weighted by molar-refractivity contribution is -0.385. The number of hydrogen-bond donors (Lipinski definition) is 2. The molecule has 8 nitrogen and oxygen atoms in total. The van der Waals surface area contributed by atoms with Gasteiger partial charge >= 0.3 is 12.1 Å². The average Bonchev–Trinajstić information content (AvgIpc) is 3.10. The molecule has 9 heteroatoms. The summed E-state index contributed by atoms with van der Waals surface area (Å²) in [6.45, 7) is -0.00235. The molecule has 1 atom stereocenters. The highest BCUT2D eigenvalue weighted by Crippen LogP contribution is 2.44. The minimum atomic E-state index is -1.46. The van der Waals surface area contributed by atoms with Crippen LogP contribution in [0.1, 0.15) is 22.6 Å². The van der Waals surface area contributed by atoms with Gasteiger partial charge in [0.2, 0.25) is 0 Å². The normalized spacial score (nSPS) is 13.0. The fraction of sp³-hybridized carbons (Fsp3) is 0.167. The van der Waals surface area contributed by atoms with Crippen molar-refractivity contribution in [1.82, 2.24) is 5.32 Å². The number of carbonyl (C=O) groups is 2. The molecule has 0 spiro atoms. The minimum Gasteiger partial charge on any atom is -0.480 e. The molecule has 1 unspecified atom stereocenters. The van der Waals surface area contributed by atoms with Crippen molar-refractivity contribution in [1.29, 1.82) is 0 Å². The van der Waals surface area contributed by atoms with Gasteiger partial charge < -0.3 is 15.2 Å². The van der Waals surface area contributed by atoms with Gasteiger partial charge in [-0.1, -0.05) is 48.5 Å². The molecule has 0 radical (unpaired) electrons. The summed E-state index contributed by atoms with van der Waals surface area (Å²) in [5.41, 5.74) is 3.68. The second-order valence-corrected chi connectivity index (χ2v) is 7.64. The molecule has 1 aliphatic rings. The maximum Gasteiger partial charge on any atom is 0.407 e. The third-order valence-corrected chi connectivity index (χ3v) is 5.53. The Morgan fingerprint density at radius 2 is 1.67 bits per heavy atom. The number of nitrogens with one attached hydrogen (secondary N) is 1. The van der Waals surface area contributed by atoms with E-state index >= 15 is 0 Å². The fourth-order valence-electron chi connectivity index (χ4n) is 4.07. The number of rotatable bonds is 7. The molecular formula is C24H19FN2O6. The SMILES string of the molecule is O=C(NC(Cc1cc(F)cc([N+](=O)[O-])c1)C(=O)O)OCC1c2ccccc2-c2ccccc21. The van der Waals surface area contributed by atoms with Gasteiger partial charge in [-0.2, -0.15) is 0 Å². The number of hydrogen-bond acceptors (Lipinski definition) is 5. The lowest BCUT2D eigenvalue weighted by Crippen LogP contribution is -2.43. The van der Waals surface area contributed by atoms with Gasteiger partial charge in [-0.05, 0) is 33.9 Å². The first-order chi connectivity index (χ1) is 15.8. The second-order valence-electron chi connectivity index (χ2n) is 7.64. The van der Waals surface area contributed by atoms with E-state index in [4.69, 9.17) is 4.74 Å². The lowest BCUT2D eigenvalue weighted by atomic mass is 9.98. The number of alkyl carbamates (subject to hydrolysis) is 1. The Hall–Kier alpha value is -4.27. The number of amides is 1. The van der Waals surface area contributed by atoms with Crippen LogP contribution in [-0.4, -0.2) is 34.7 Å². The number of halogens is 1. The molecule has 2 N–H and O–H groups in total. The maximum atomic E-state index is 13.7. The number of non-ortho nitro benzene ring substituents is 1. The molecule has 33 heavy (non-hydrogen) atoms. The van der Waals surface area contributed by atoms with Gasteiger partial charge in [0.1, 0.15) is 18.5 Å². The number of benzene rings is 3. The van der Waals surface area contributed by atoms with Crippen molar-refractivity contribution in [2.24, 2.45) is 0 Å². The van der Waals surface area contributed by atoms with E-state index in [0.717, 1.165) is 40.5 Å². The van der Waals surface area contributed by atoms with Gasteiger partial charge in [0.15, 0.2) is 0 Å². The van der Waals surface area contributed by atoms with Crippen LogP contribution in [-0.2, 0) is 16.0 Å². The summed E-state index contributed by atoms with van der Waals surface area (Å²) in [5.74, 6) is -2.45. The van der Waals surface area contributed by atoms with Crippen LogP contribution in [0.3, 0.4) is 0 Å². The van der Waals surface area contributed by atoms with Gasteiger partial charge in [-0.25, -0.2) is 14.0 Å². The van der Waals surface area contributed by atoms with Crippen molar-refractivity contribution in [3.05, 3.63) is 99.4 Å². The third-order valence-electron chi connectivity index (χ3n) is 5.53. The van der Waals surface area contributed by atoms with Crippen LogP contribution in [0.25, 0.3) is 11.1 Å². The van der Waals surface area contributed by atoms with E-state index < -0.39 is 34.5 Å². The number of aliphatic carboxylic acids is 1. The van der Waals surface area contributed by atoms with Crippen LogP contribution in [0.4, 0.5) is 14.9 Å². The number of fused-ring (bicyclic) bond motifs is 3. The largest absolute Gasteiger partial charge is 0.480 e. The number of carboxylic acid groups (broad SMARTS) is 1. The molecule has 0 saturated heterocycles. The molecule has 0 aliphatic heterocycles. The smallest absolute Gasteiger partial charge is 0.407 e. The highest BCUT2D eigenvalue weighted by molar-refractivity contribution is 5.81. The van der Waals surface area contributed by atoms with Crippen molar-refractivity contribution in [3.63, 3.8) is 0 Å². The zero-order valence-corrected chi connectivity index (χ0v) is 17.2. The summed E-state index contributed by atoms with van der Waals surface area (Å²) in [6.07, 6.45) is -1.30. The van der Waals surface area contributed by atoms with Crippen molar-refractivity contribution in [3.8, 4) is 11.1 Å². The predicted octanol–water partition coefficient (Wildman–Crippen LogP) is 4.27. The highest BCUT2D eigenvalue weighted by atomic mass is 19.1. The van der Waals surface area contributed by atoms with Gasteiger partial charge in [0, 0.05) is 18.4 Å². The van der Waals surface area contributed by atoms with E-state index in [0.29, 0.717) is 0 Å². The first-order valence-corrected chi connectivity index (χ1v) is 10.1. The molecular weight excluding hydrogens is 431 g/mol. The topological polar surface area (TPSA) is 119 Å². The van der Waals surface area contributed by atoms with Crippen molar-refractivity contribution in [2.45, 2.75) is 18.4 Å². The molecule has 0 aromatic heterocycles. The van der Waals surface area contributed by atoms with E-state index in [2.05, 4.69) is 5.32 Å². The summed E-state index contributed by atoms with van der Waals surface area (Å²) in [6, 6.07) is 16.9. The first kappa shape index (κ1) is 21.9. The molecule has 0 fully saturated rings. The Kier molecular flexibility index (Phi) is 6.03. The summed E-state index contributed by atoms with van der Waals surface area (Å²) >= 11 is 0. The molecule has 4 rings (SSSR count). The number of ether oxygens (including phenoxy) is 1. The Labute approximate surface area is 187 Å². The van der Waals surface area contributed by atoms with Crippen LogP contribution >= 0.6 is 0 Å². The number of nitro groups is 1. The average molecular weight is 450 g/mol. The molecule has 1 aliphatic carbocycles. The minimum absolute atomic E-state index is 0.00235. The molecule has 3 aromatic rings. The molecule has 168 valence electrons. The van der Waals surface area contributed by atoms with E-state index in [-0.39, 0.29) is 24.5 Å². The number of carboxylic acids is 1. The highest BCUT2D eigenvalue weighted by Gasteiger charge is 2.30. The second kappa shape index (κ2) is 9.07. The van der Waals surface area contributed by atoms with Crippen LogP contribution in [0, 0.1) is 15.9 Å². The van der Waals surface area contributed by atoms with E-state index in [1.54, 1.807) is 0 Å². The molecule has 0 heterocycles. The summed E-state index contributed by atoms with van der Waals surface area (Å²) < 4.78 is 19.0. The quantitative estimate of drug-likeness (QED) is 0.410. The third kappa shape index (κ3) is 4.67. The number of nitrogens with zero attached hydrogens (tertiary/aromatic N) is 1.